The van der Waals surface area contributed by atoms with Crippen LogP contribution in [0.3, 0.4) is 0 Å². The lowest BCUT2D eigenvalue weighted by Gasteiger charge is -2.26. The third-order valence-electron chi connectivity index (χ3n) is 3.41. The van der Waals surface area contributed by atoms with Crippen molar-refractivity contribution in [2.24, 2.45) is 0 Å². The van der Waals surface area contributed by atoms with Gasteiger partial charge in [-0.2, -0.15) is 0 Å². The Morgan fingerprint density at radius 1 is 1.41 bits per heavy atom. The standard InChI is InChI=1S/C14H23N3/c1-5-17(12-6-7-12)14-13(9-15-4)10(2)8-11(3)16-14/h8,12,15H,5-7,9H2,1-4H3. The van der Waals surface area contributed by atoms with Crippen LogP contribution in [0.2, 0.25) is 0 Å². The molecule has 0 saturated heterocycles. The minimum absolute atomic E-state index is 0.726. The van der Waals surface area contributed by atoms with Gasteiger partial charge in [-0.25, -0.2) is 4.98 Å². The van der Waals surface area contributed by atoms with Gasteiger partial charge in [0.15, 0.2) is 0 Å². The van der Waals surface area contributed by atoms with Gasteiger partial charge in [0.2, 0.25) is 0 Å². The van der Waals surface area contributed by atoms with E-state index in [0.717, 1.165) is 24.8 Å². The van der Waals surface area contributed by atoms with E-state index in [4.69, 9.17) is 4.98 Å². The fourth-order valence-corrected chi connectivity index (χ4v) is 2.44. The van der Waals surface area contributed by atoms with Crippen LogP contribution in [0.15, 0.2) is 6.07 Å². The molecule has 1 aliphatic carbocycles. The first-order valence-corrected chi connectivity index (χ1v) is 6.55. The van der Waals surface area contributed by atoms with E-state index in [1.165, 1.54) is 29.8 Å². The summed E-state index contributed by atoms with van der Waals surface area (Å²) in [4.78, 5) is 7.24. The largest absolute Gasteiger partial charge is 0.354 e. The van der Waals surface area contributed by atoms with Crippen molar-refractivity contribution in [3.63, 3.8) is 0 Å². The highest BCUT2D eigenvalue weighted by atomic mass is 15.2. The summed E-state index contributed by atoms with van der Waals surface area (Å²) in [5.41, 5.74) is 3.82. The fourth-order valence-electron chi connectivity index (χ4n) is 2.44. The molecular weight excluding hydrogens is 210 g/mol. The summed E-state index contributed by atoms with van der Waals surface area (Å²) >= 11 is 0. The first kappa shape index (κ1) is 12.4. The van der Waals surface area contributed by atoms with Gasteiger partial charge in [0.05, 0.1) is 0 Å². The van der Waals surface area contributed by atoms with Crippen LogP contribution < -0.4 is 10.2 Å². The summed E-state index contributed by atoms with van der Waals surface area (Å²) in [7, 11) is 2.00. The zero-order chi connectivity index (χ0) is 12.4. The van der Waals surface area contributed by atoms with Crippen LogP contribution in [0.25, 0.3) is 0 Å². The van der Waals surface area contributed by atoms with Crippen molar-refractivity contribution >= 4 is 5.82 Å². The van der Waals surface area contributed by atoms with Crippen LogP contribution in [0.1, 0.15) is 36.6 Å². The molecular formula is C14H23N3. The second-order valence-corrected chi connectivity index (χ2v) is 4.93. The number of aromatic nitrogens is 1. The smallest absolute Gasteiger partial charge is 0.133 e. The van der Waals surface area contributed by atoms with Crippen molar-refractivity contribution in [1.29, 1.82) is 0 Å². The predicted molar refractivity (Wildman–Crippen MR) is 72.5 cm³/mol. The Bertz CT molecular complexity index is 397. The molecule has 0 amide bonds. The fraction of sp³-hybridized carbons (Fsp3) is 0.643. The van der Waals surface area contributed by atoms with Gasteiger partial charge in [0.25, 0.3) is 0 Å². The minimum Gasteiger partial charge on any atom is -0.354 e. The van der Waals surface area contributed by atoms with Crippen LogP contribution in [0.4, 0.5) is 5.82 Å². The van der Waals surface area contributed by atoms with Gasteiger partial charge in [0, 0.05) is 30.4 Å². The SMILES string of the molecule is CCN(c1nc(C)cc(C)c1CNC)C1CC1. The van der Waals surface area contributed by atoms with Gasteiger partial charge in [0.1, 0.15) is 5.82 Å². The number of anilines is 1. The van der Waals surface area contributed by atoms with Crippen LogP contribution >= 0.6 is 0 Å². The van der Waals surface area contributed by atoms with E-state index in [2.05, 4.69) is 37.1 Å². The molecule has 1 aromatic rings. The molecule has 3 nitrogen and oxygen atoms in total. The molecule has 1 aromatic heterocycles. The molecule has 1 saturated carbocycles. The molecule has 0 bridgehead atoms. The maximum Gasteiger partial charge on any atom is 0.133 e. The number of aryl methyl sites for hydroxylation is 2. The van der Waals surface area contributed by atoms with E-state index in [0.29, 0.717) is 0 Å². The maximum absolute atomic E-state index is 4.77. The van der Waals surface area contributed by atoms with Gasteiger partial charge in [-0.05, 0) is 52.3 Å². The van der Waals surface area contributed by atoms with Crippen molar-refractivity contribution in [2.75, 3.05) is 18.5 Å². The minimum atomic E-state index is 0.726. The molecule has 0 radical (unpaired) electrons. The third-order valence-corrected chi connectivity index (χ3v) is 3.41. The van der Waals surface area contributed by atoms with Gasteiger partial charge in [-0.15, -0.1) is 0 Å². The topological polar surface area (TPSA) is 28.2 Å². The van der Waals surface area contributed by atoms with Gasteiger partial charge in [-0.1, -0.05) is 0 Å². The monoisotopic (exact) mass is 233 g/mol. The molecule has 94 valence electrons. The van der Waals surface area contributed by atoms with Crippen LogP contribution in [-0.4, -0.2) is 24.6 Å². The second kappa shape index (κ2) is 5.05. The first-order valence-electron chi connectivity index (χ1n) is 6.55. The number of hydrogen-bond donors (Lipinski definition) is 1. The van der Waals surface area contributed by atoms with Crippen LogP contribution in [0, 0.1) is 13.8 Å². The van der Waals surface area contributed by atoms with Gasteiger partial charge in [-0.3, -0.25) is 0 Å². The Morgan fingerprint density at radius 2 is 2.12 bits per heavy atom. The van der Waals surface area contributed by atoms with Crippen LogP contribution in [0.5, 0.6) is 0 Å². The molecule has 1 aliphatic rings. The van der Waals surface area contributed by atoms with E-state index in [9.17, 15) is 0 Å². The van der Waals surface area contributed by atoms with Crippen molar-refractivity contribution in [1.82, 2.24) is 10.3 Å². The molecule has 1 N–H and O–H groups in total. The van der Waals surface area contributed by atoms with Crippen LogP contribution in [-0.2, 0) is 6.54 Å². The summed E-state index contributed by atoms with van der Waals surface area (Å²) in [5.74, 6) is 1.20. The highest BCUT2D eigenvalue weighted by molar-refractivity contribution is 5.53. The Balaban J connectivity index is 2.41. The highest BCUT2D eigenvalue weighted by Gasteiger charge is 2.30. The average molecular weight is 233 g/mol. The molecule has 0 spiro atoms. The normalized spacial score (nSPS) is 15.1. The van der Waals surface area contributed by atoms with Crippen molar-refractivity contribution in [2.45, 2.75) is 46.2 Å². The van der Waals surface area contributed by atoms with E-state index in [1.54, 1.807) is 0 Å². The number of rotatable bonds is 5. The zero-order valence-corrected chi connectivity index (χ0v) is 11.4. The molecule has 0 unspecified atom stereocenters. The Labute approximate surface area is 104 Å². The molecule has 3 heteroatoms. The third kappa shape index (κ3) is 2.60. The molecule has 17 heavy (non-hydrogen) atoms. The molecule has 0 aliphatic heterocycles. The zero-order valence-electron chi connectivity index (χ0n) is 11.4. The predicted octanol–water partition coefficient (Wildman–Crippen LogP) is 2.41. The summed E-state index contributed by atoms with van der Waals surface area (Å²) < 4.78 is 0. The number of pyridine rings is 1. The van der Waals surface area contributed by atoms with Crippen molar-refractivity contribution in [3.8, 4) is 0 Å². The van der Waals surface area contributed by atoms with E-state index in [1.807, 2.05) is 7.05 Å². The second-order valence-electron chi connectivity index (χ2n) is 4.93. The summed E-state index contributed by atoms with van der Waals surface area (Å²) in [6.07, 6.45) is 2.64. The lowest BCUT2D eigenvalue weighted by Crippen LogP contribution is -2.28. The van der Waals surface area contributed by atoms with Crippen molar-refractivity contribution in [3.05, 3.63) is 22.9 Å². The van der Waals surface area contributed by atoms with Gasteiger partial charge >= 0.3 is 0 Å². The average Bonchev–Trinajstić information content (AvgIpc) is 3.08. The maximum atomic E-state index is 4.77. The Kier molecular flexibility index (Phi) is 3.67. The van der Waals surface area contributed by atoms with E-state index in [-0.39, 0.29) is 0 Å². The lowest BCUT2D eigenvalue weighted by atomic mass is 10.1. The van der Waals surface area contributed by atoms with Crippen molar-refractivity contribution < 1.29 is 0 Å². The summed E-state index contributed by atoms with van der Waals surface area (Å²) in [5, 5.41) is 3.26. The molecule has 1 heterocycles. The summed E-state index contributed by atoms with van der Waals surface area (Å²) in [6.45, 7) is 8.45. The quantitative estimate of drug-likeness (QED) is 0.846. The van der Waals surface area contributed by atoms with E-state index >= 15 is 0 Å². The lowest BCUT2D eigenvalue weighted by molar-refractivity contribution is 0.759. The molecule has 0 aromatic carbocycles. The summed E-state index contributed by atoms with van der Waals surface area (Å²) in [6, 6.07) is 2.90. The molecule has 2 rings (SSSR count). The van der Waals surface area contributed by atoms with E-state index < -0.39 is 0 Å². The highest BCUT2D eigenvalue weighted by Crippen LogP contribution is 2.33. The Morgan fingerprint density at radius 3 is 2.65 bits per heavy atom. The first-order chi connectivity index (χ1) is 8.17. The number of hydrogen-bond acceptors (Lipinski definition) is 3. The molecule has 0 atom stereocenters. The number of nitrogens with one attached hydrogen (secondary N) is 1. The van der Waals surface area contributed by atoms with Gasteiger partial charge < -0.3 is 10.2 Å². The molecule has 1 fully saturated rings. The Hall–Kier alpha value is -1.09. The number of nitrogens with zero attached hydrogens (tertiary/aromatic N) is 2.